The number of primary amides is 1. The summed E-state index contributed by atoms with van der Waals surface area (Å²) in [4.78, 5) is 11.2. The fraction of sp³-hybridized carbons (Fsp3) is 0.500. The summed E-state index contributed by atoms with van der Waals surface area (Å²) >= 11 is 5.91. The normalized spacial score (nSPS) is 23.5. The number of nitrogens with zero attached hydrogens (tertiary/aromatic N) is 1. The molecule has 1 aromatic rings. The number of sulfonamides is 1. The number of benzene rings is 1. The van der Waals surface area contributed by atoms with E-state index in [1.807, 2.05) is 0 Å². The van der Waals surface area contributed by atoms with Crippen LogP contribution in [0.15, 0.2) is 17.0 Å². The van der Waals surface area contributed by atoms with Gasteiger partial charge in [0.2, 0.25) is 15.9 Å². The first-order valence-electron chi connectivity index (χ1n) is 6.91. The smallest absolute Gasteiger partial charge is 0.244 e. The van der Waals surface area contributed by atoms with Crippen LogP contribution in [0.2, 0.25) is 5.02 Å². The third-order valence-corrected chi connectivity index (χ3v) is 6.47. The molecule has 0 bridgehead atoms. The summed E-state index contributed by atoms with van der Waals surface area (Å²) in [5.41, 5.74) is 5.49. The predicted octanol–water partition coefficient (Wildman–Crippen LogP) is 2.06. The summed E-state index contributed by atoms with van der Waals surface area (Å²) in [6.45, 7) is 3.25. The molecule has 1 aliphatic rings. The highest BCUT2D eigenvalue weighted by atomic mass is 35.5. The minimum absolute atomic E-state index is 0.0194. The van der Waals surface area contributed by atoms with Gasteiger partial charge in [-0.05, 0) is 44.4 Å². The summed E-state index contributed by atoms with van der Waals surface area (Å²) in [7, 11) is -3.92. The van der Waals surface area contributed by atoms with E-state index in [-0.39, 0.29) is 28.1 Å². The first kappa shape index (κ1) is 17.2. The molecule has 2 rings (SSSR count). The highest BCUT2D eigenvalue weighted by Gasteiger charge is 2.37. The molecule has 0 radical (unpaired) electrons. The maximum absolute atomic E-state index is 13.5. The second-order valence-corrected chi connectivity index (χ2v) is 7.90. The number of nitrogens with two attached hydrogens (primary N) is 1. The lowest BCUT2D eigenvalue weighted by Gasteiger charge is -2.36. The Bertz CT molecular complexity index is 708. The zero-order chi connectivity index (χ0) is 16.7. The molecule has 22 heavy (non-hydrogen) atoms. The van der Waals surface area contributed by atoms with Gasteiger partial charge in [-0.15, -0.1) is 0 Å². The second kappa shape index (κ2) is 6.14. The van der Waals surface area contributed by atoms with Crippen molar-refractivity contribution >= 4 is 27.5 Å². The quantitative estimate of drug-likeness (QED) is 0.907. The third kappa shape index (κ3) is 3.11. The second-order valence-electron chi connectivity index (χ2n) is 5.63. The summed E-state index contributed by atoms with van der Waals surface area (Å²) in [6, 6.07) is 1.93. The van der Waals surface area contributed by atoms with Crippen molar-refractivity contribution in [3.8, 4) is 0 Å². The highest BCUT2D eigenvalue weighted by Crippen LogP contribution is 2.32. The van der Waals surface area contributed by atoms with Crippen LogP contribution in [0, 0.1) is 18.7 Å². The van der Waals surface area contributed by atoms with Gasteiger partial charge in [-0.3, -0.25) is 4.79 Å². The Kier molecular flexibility index (Phi) is 4.79. The third-order valence-electron chi connectivity index (χ3n) is 4.03. The molecule has 8 heteroatoms. The Morgan fingerprint density at radius 1 is 1.41 bits per heavy atom. The van der Waals surface area contributed by atoms with E-state index >= 15 is 0 Å². The van der Waals surface area contributed by atoms with E-state index in [4.69, 9.17) is 17.3 Å². The van der Waals surface area contributed by atoms with Crippen molar-refractivity contribution in [1.29, 1.82) is 0 Å². The van der Waals surface area contributed by atoms with Crippen molar-refractivity contribution in [3.05, 3.63) is 28.5 Å². The number of rotatable bonds is 3. The molecule has 1 fully saturated rings. The molecule has 0 saturated carbocycles. The molecule has 1 amide bonds. The van der Waals surface area contributed by atoms with E-state index in [2.05, 4.69) is 0 Å². The van der Waals surface area contributed by atoms with Gasteiger partial charge < -0.3 is 5.73 Å². The molecule has 5 nitrogen and oxygen atoms in total. The Balaban J connectivity index is 2.45. The lowest BCUT2D eigenvalue weighted by Crippen LogP contribution is -2.48. The van der Waals surface area contributed by atoms with E-state index in [0.29, 0.717) is 12.8 Å². The number of aryl methyl sites for hydroxylation is 1. The monoisotopic (exact) mass is 348 g/mol. The number of halogens is 2. The summed E-state index contributed by atoms with van der Waals surface area (Å²) in [6.07, 6.45) is 1.09. The summed E-state index contributed by atoms with van der Waals surface area (Å²) in [5.74, 6) is -1.61. The molecule has 1 heterocycles. The molecule has 0 aliphatic carbocycles. The van der Waals surface area contributed by atoms with Gasteiger partial charge in [-0.25, -0.2) is 12.8 Å². The zero-order valence-corrected chi connectivity index (χ0v) is 13.9. The van der Waals surface area contributed by atoms with E-state index in [9.17, 15) is 17.6 Å². The van der Waals surface area contributed by atoms with Gasteiger partial charge in [0.1, 0.15) is 10.7 Å². The van der Waals surface area contributed by atoms with Crippen molar-refractivity contribution in [2.24, 2.45) is 11.7 Å². The molecule has 0 aromatic heterocycles. The van der Waals surface area contributed by atoms with E-state index in [1.54, 1.807) is 6.92 Å². The molecule has 2 atom stereocenters. The Labute approximate surface area is 134 Å². The average molecular weight is 349 g/mol. The minimum atomic E-state index is -3.92. The van der Waals surface area contributed by atoms with Gasteiger partial charge in [0.25, 0.3) is 0 Å². The van der Waals surface area contributed by atoms with Crippen LogP contribution >= 0.6 is 11.6 Å². The topological polar surface area (TPSA) is 80.5 Å². The molecule has 2 N–H and O–H groups in total. The lowest BCUT2D eigenvalue weighted by molar-refractivity contribution is -0.123. The molecule has 1 aliphatic heterocycles. The Hall–Kier alpha value is -1.18. The van der Waals surface area contributed by atoms with Crippen LogP contribution in [0.1, 0.15) is 25.3 Å². The van der Waals surface area contributed by atoms with Gasteiger partial charge in [-0.1, -0.05) is 11.6 Å². The van der Waals surface area contributed by atoms with Crippen LogP contribution in [0.3, 0.4) is 0 Å². The Morgan fingerprint density at radius 2 is 2.05 bits per heavy atom. The molecular formula is C14H18ClFN2O3S. The van der Waals surface area contributed by atoms with Gasteiger partial charge in [0.15, 0.2) is 0 Å². The van der Waals surface area contributed by atoms with Crippen molar-refractivity contribution in [2.75, 3.05) is 6.54 Å². The van der Waals surface area contributed by atoms with Crippen LogP contribution in [-0.2, 0) is 14.8 Å². The van der Waals surface area contributed by atoms with Crippen LogP contribution in [0.5, 0.6) is 0 Å². The SMILES string of the molecule is Cc1cc(S(=O)(=O)N2C[C@H](C(N)=O)CC[C@H]2C)c(Cl)cc1F. The molecular weight excluding hydrogens is 331 g/mol. The maximum atomic E-state index is 13.5. The van der Waals surface area contributed by atoms with Crippen LogP contribution < -0.4 is 5.73 Å². The molecule has 1 saturated heterocycles. The van der Waals surface area contributed by atoms with Crippen LogP contribution in [0.25, 0.3) is 0 Å². The molecule has 1 aromatic carbocycles. The largest absolute Gasteiger partial charge is 0.369 e. The van der Waals surface area contributed by atoms with Gasteiger partial charge in [0, 0.05) is 12.6 Å². The number of carbonyl (C=O) groups excluding carboxylic acids is 1. The number of amides is 1. The van der Waals surface area contributed by atoms with E-state index in [1.165, 1.54) is 17.3 Å². The number of carbonyl (C=O) groups is 1. The summed E-state index contributed by atoms with van der Waals surface area (Å²) in [5, 5.41) is -0.170. The number of piperidine rings is 1. The van der Waals surface area contributed by atoms with Crippen LogP contribution in [0.4, 0.5) is 4.39 Å². The fourth-order valence-electron chi connectivity index (χ4n) is 2.60. The molecule has 122 valence electrons. The number of hydrogen-bond acceptors (Lipinski definition) is 3. The maximum Gasteiger partial charge on any atom is 0.244 e. The van der Waals surface area contributed by atoms with Crippen molar-refractivity contribution in [2.45, 2.75) is 37.6 Å². The first-order valence-corrected chi connectivity index (χ1v) is 8.73. The summed E-state index contributed by atoms with van der Waals surface area (Å²) < 4.78 is 40.3. The van der Waals surface area contributed by atoms with Crippen molar-refractivity contribution < 1.29 is 17.6 Å². The van der Waals surface area contributed by atoms with Gasteiger partial charge in [-0.2, -0.15) is 4.31 Å². The standard InChI is InChI=1S/C14H18ClFN2O3S/c1-8-5-13(11(15)6-12(8)16)22(20,21)18-7-10(14(17)19)4-3-9(18)2/h5-6,9-10H,3-4,7H2,1-2H3,(H2,17,19)/t9-,10-/m1/s1. The van der Waals surface area contributed by atoms with Gasteiger partial charge in [0.05, 0.1) is 10.9 Å². The highest BCUT2D eigenvalue weighted by molar-refractivity contribution is 7.89. The lowest BCUT2D eigenvalue weighted by atomic mass is 9.95. The van der Waals surface area contributed by atoms with E-state index < -0.39 is 27.7 Å². The molecule has 0 spiro atoms. The predicted molar refractivity (Wildman–Crippen MR) is 81.4 cm³/mol. The Morgan fingerprint density at radius 3 is 2.64 bits per heavy atom. The van der Waals surface area contributed by atoms with Crippen LogP contribution in [-0.4, -0.2) is 31.2 Å². The van der Waals surface area contributed by atoms with Crippen molar-refractivity contribution in [3.63, 3.8) is 0 Å². The first-order chi connectivity index (χ1) is 10.1. The van der Waals surface area contributed by atoms with E-state index in [0.717, 1.165) is 6.07 Å². The minimum Gasteiger partial charge on any atom is -0.369 e. The fourth-order valence-corrected chi connectivity index (χ4v) is 4.88. The number of hydrogen-bond donors (Lipinski definition) is 1. The average Bonchev–Trinajstić information content (AvgIpc) is 2.42. The van der Waals surface area contributed by atoms with Crippen molar-refractivity contribution in [1.82, 2.24) is 4.31 Å². The zero-order valence-electron chi connectivity index (χ0n) is 12.3. The van der Waals surface area contributed by atoms with Gasteiger partial charge >= 0.3 is 0 Å². The molecule has 0 unspecified atom stereocenters.